The van der Waals surface area contributed by atoms with Crippen LogP contribution in [0, 0.1) is 17.8 Å². The van der Waals surface area contributed by atoms with E-state index in [9.17, 15) is 14.2 Å². The fourth-order valence-corrected chi connectivity index (χ4v) is 8.04. The first kappa shape index (κ1) is 22.5. The van der Waals surface area contributed by atoms with Crippen LogP contribution in [0.3, 0.4) is 0 Å². The van der Waals surface area contributed by atoms with Gasteiger partial charge in [-0.15, -0.1) is 0 Å². The van der Waals surface area contributed by atoms with E-state index in [-0.39, 0.29) is 29.8 Å². The molecule has 0 N–H and O–H groups in total. The number of ketones is 2. The first-order valence-electron chi connectivity index (χ1n) is 11.3. The summed E-state index contributed by atoms with van der Waals surface area (Å²) < 4.78 is 18.5. The maximum Gasteiger partial charge on any atom is 0.288 e. The van der Waals surface area contributed by atoms with E-state index < -0.39 is 13.4 Å². The Kier molecular flexibility index (Phi) is 6.39. The second kappa shape index (κ2) is 9.07. The summed E-state index contributed by atoms with van der Waals surface area (Å²) in [5.41, 5.74) is 1.69. The molecule has 2 aliphatic rings. The van der Waals surface area contributed by atoms with E-state index in [2.05, 4.69) is 20.4 Å². The van der Waals surface area contributed by atoms with Gasteiger partial charge in [-0.1, -0.05) is 56.8 Å². The first-order valence-corrected chi connectivity index (χ1v) is 12.9. The zero-order chi connectivity index (χ0) is 22.9. The predicted octanol–water partition coefficient (Wildman–Crippen LogP) is 5.93. The van der Waals surface area contributed by atoms with Crippen molar-refractivity contribution in [2.45, 2.75) is 33.1 Å². The van der Waals surface area contributed by atoms with Gasteiger partial charge in [0.2, 0.25) is 0 Å². The molecular weight excluding hydrogens is 419 g/mol. The van der Waals surface area contributed by atoms with Gasteiger partial charge in [-0.2, -0.15) is 0 Å². The molecule has 1 unspecified atom stereocenters. The van der Waals surface area contributed by atoms with Gasteiger partial charge >= 0.3 is 0 Å². The number of anilines is 2. The molecule has 2 atom stereocenters. The molecule has 1 saturated heterocycles. The molecule has 0 spiro atoms. The second-order valence-corrected chi connectivity index (χ2v) is 11.7. The number of carbonyl (C=O) groups is 2. The Hall–Kier alpha value is -2.65. The zero-order valence-electron chi connectivity index (χ0n) is 18.8. The van der Waals surface area contributed by atoms with Crippen molar-refractivity contribution in [1.29, 1.82) is 0 Å². The third-order valence-electron chi connectivity index (χ3n) is 6.78. The highest BCUT2D eigenvalue weighted by Crippen LogP contribution is 2.66. The molecular formula is C26H31N2O3P. The predicted molar refractivity (Wildman–Crippen MR) is 130 cm³/mol. The monoisotopic (exact) mass is 450 g/mol. The van der Waals surface area contributed by atoms with Crippen LogP contribution in [0.2, 0.25) is 0 Å². The standard InChI is InChI=1S/C26H31N2O3P/c1-19(2)23-14-15-24(29)26(23)25(30)18-20(3)32(31)27(21-10-6-4-7-11-21)16-17-28(32)22-12-8-5-9-13-22/h4-13,19,23,26H,3,14-18H2,1-2H3/t23-,26?/m1/s1. The quantitative estimate of drug-likeness (QED) is 0.387. The van der Waals surface area contributed by atoms with Gasteiger partial charge in [0.25, 0.3) is 7.44 Å². The molecule has 1 aliphatic carbocycles. The molecule has 0 aromatic heterocycles. The summed E-state index contributed by atoms with van der Waals surface area (Å²) in [4.78, 5) is 25.9. The molecule has 0 radical (unpaired) electrons. The number of carbonyl (C=O) groups excluding carboxylic acids is 2. The number of rotatable bonds is 7. The molecule has 6 heteroatoms. The summed E-state index contributed by atoms with van der Waals surface area (Å²) in [7, 11) is -3.34. The van der Waals surface area contributed by atoms with Crippen molar-refractivity contribution in [3.63, 3.8) is 0 Å². The topological polar surface area (TPSA) is 57.7 Å². The number of hydrogen-bond acceptors (Lipinski definition) is 3. The van der Waals surface area contributed by atoms with E-state index in [1.807, 2.05) is 70.0 Å². The Morgan fingerprint density at radius 2 is 1.50 bits per heavy atom. The molecule has 32 heavy (non-hydrogen) atoms. The Labute approximate surface area is 190 Å². The summed E-state index contributed by atoms with van der Waals surface area (Å²) in [6, 6.07) is 19.3. The number of allylic oxidation sites excluding steroid dienone is 1. The van der Waals surface area contributed by atoms with Crippen LogP contribution < -0.4 is 9.34 Å². The summed E-state index contributed by atoms with van der Waals surface area (Å²) >= 11 is 0. The molecule has 1 aliphatic heterocycles. The highest BCUT2D eigenvalue weighted by Gasteiger charge is 2.48. The molecule has 1 heterocycles. The molecule has 0 amide bonds. The van der Waals surface area contributed by atoms with Gasteiger partial charge in [-0.3, -0.25) is 14.2 Å². The summed E-state index contributed by atoms with van der Waals surface area (Å²) in [5, 5.41) is 0.398. The highest BCUT2D eigenvalue weighted by atomic mass is 31.2. The van der Waals surface area contributed by atoms with Gasteiger partial charge < -0.3 is 9.34 Å². The molecule has 2 aromatic carbocycles. The molecule has 168 valence electrons. The van der Waals surface area contributed by atoms with Crippen LogP contribution in [0.5, 0.6) is 0 Å². The van der Waals surface area contributed by atoms with Gasteiger partial charge in [0.1, 0.15) is 11.6 Å². The minimum absolute atomic E-state index is 0.0195. The van der Waals surface area contributed by atoms with Gasteiger partial charge in [-0.25, -0.2) is 0 Å². The van der Waals surface area contributed by atoms with E-state index >= 15 is 0 Å². The summed E-state index contributed by atoms with van der Waals surface area (Å²) in [5.74, 6) is -0.405. The van der Waals surface area contributed by atoms with Crippen LogP contribution in [0.15, 0.2) is 72.6 Å². The lowest BCUT2D eigenvalue weighted by Crippen LogP contribution is -2.29. The number of benzene rings is 2. The van der Waals surface area contributed by atoms with Crippen LogP contribution in [-0.4, -0.2) is 24.7 Å². The third kappa shape index (κ3) is 3.95. The molecule has 2 fully saturated rings. The zero-order valence-corrected chi connectivity index (χ0v) is 19.7. The van der Waals surface area contributed by atoms with E-state index in [4.69, 9.17) is 0 Å². The smallest absolute Gasteiger partial charge is 0.288 e. The lowest BCUT2D eigenvalue weighted by molar-refractivity contribution is -0.132. The number of Topliss-reactive ketones (excluding diaryl/α,β-unsaturated/α-hetero) is 2. The summed E-state index contributed by atoms with van der Waals surface area (Å²) in [6.07, 6.45) is 1.17. The van der Waals surface area contributed by atoms with Crippen LogP contribution in [-0.2, 0) is 14.2 Å². The molecule has 5 nitrogen and oxygen atoms in total. The van der Waals surface area contributed by atoms with Crippen LogP contribution in [0.1, 0.15) is 33.1 Å². The fourth-order valence-electron chi connectivity index (χ4n) is 5.12. The Morgan fingerprint density at radius 3 is 1.97 bits per heavy atom. The number of nitrogens with zero attached hydrogens (tertiary/aromatic N) is 2. The van der Waals surface area contributed by atoms with Crippen molar-refractivity contribution in [1.82, 2.24) is 0 Å². The van der Waals surface area contributed by atoms with Gasteiger partial charge in [0.05, 0.1) is 5.92 Å². The van der Waals surface area contributed by atoms with Crippen molar-refractivity contribution < 1.29 is 14.2 Å². The second-order valence-electron chi connectivity index (χ2n) is 9.06. The lowest BCUT2D eigenvalue weighted by atomic mass is 9.82. The Balaban J connectivity index is 1.67. The minimum Gasteiger partial charge on any atom is -0.302 e. The molecule has 1 saturated carbocycles. The van der Waals surface area contributed by atoms with Crippen molar-refractivity contribution in [2.24, 2.45) is 17.8 Å². The van der Waals surface area contributed by atoms with E-state index in [1.165, 1.54) is 0 Å². The average molecular weight is 451 g/mol. The maximum absolute atomic E-state index is 14.7. The number of para-hydroxylation sites is 2. The van der Waals surface area contributed by atoms with Gasteiger partial charge in [0.15, 0.2) is 0 Å². The van der Waals surface area contributed by atoms with Gasteiger partial charge in [-0.05, 0) is 42.5 Å². The molecule has 4 rings (SSSR count). The average Bonchev–Trinajstić information content (AvgIpc) is 3.36. The summed E-state index contributed by atoms with van der Waals surface area (Å²) in [6.45, 7) is 9.45. The normalized spacial score (nSPS) is 22.5. The van der Waals surface area contributed by atoms with Crippen LogP contribution >= 0.6 is 7.44 Å². The maximum atomic E-state index is 14.7. The minimum atomic E-state index is -3.34. The van der Waals surface area contributed by atoms with Crippen molar-refractivity contribution in [2.75, 3.05) is 22.4 Å². The SMILES string of the molecule is C=C(CC(=O)C1C(=O)CC[C@@H]1C(C)C)P1(=O)N(c2ccccc2)CCN1c1ccccc1. The molecule has 0 bridgehead atoms. The van der Waals surface area contributed by atoms with Crippen LogP contribution in [0.25, 0.3) is 0 Å². The largest absolute Gasteiger partial charge is 0.302 e. The van der Waals surface area contributed by atoms with Crippen LogP contribution in [0.4, 0.5) is 11.4 Å². The van der Waals surface area contributed by atoms with Crippen molar-refractivity contribution in [3.05, 3.63) is 72.6 Å². The lowest BCUT2D eigenvalue weighted by Gasteiger charge is -2.34. The Bertz CT molecular complexity index is 1000. The van der Waals surface area contributed by atoms with Gasteiger partial charge in [0, 0.05) is 42.6 Å². The number of hydrogen-bond donors (Lipinski definition) is 0. The van der Waals surface area contributed by atoms with Crippen molar-refractivity contribution in [3.8, 4) is 0 Å². The fraction of sp³-hybridized carbons (Fsp3) is 0.385. The van der Waals surface area contributed by atoms with E-state index in [0.29, 0.717) is 24.8 Å². The van der Waals surface area contributed by atoms with Crippen molar-refractivity contribution >= 4 is 30.4 Å². The third-order valence-corrected chi connectivity index (χ3v) is 9.93. The molecule has 2 aromatic rings. The Morgan fingerprint density at radius 1 is 1.00 bits per heavy atom. The van der Waals surface area contributed by atoms with E-state index in [0.717, 1.165) is 17.8 Å². The first-order chi connectivity index (χ1) is 15.3. The van der Waals surface area contributed by atoms with E-state index in [1.54, 1.807) is 0 Å². The highest BCUT2D eigenvalue weighted by molar-refractivity contribution is 7.71.